The van der Waals surface area contributed by atoms with Crippen molar-refractivity contribution in [1.82, 2.24) is 4.98 Å². The first-order valence-electron chi connectivity index (χ1n) is 6.94. The van der Waals surface area contributed by atoms with Gasteiger partial charge in [-0.1, -0.05) is 41.9 Å². The molecule has 2 aromatic carbocycles. The first kappa shape index (κ1) is 15.6. The lowest BCUT2D eigenvalue weighted by Crippen LogP contribution is -2.37. The number of fused-ring (bicyclic) bond motifs is 1. The third kappa shape index (κ3) is 2.96. The fraction of sp³-hybridized carbons (Fsp3) is 0.118. The molecule has 1 aromatic heterocycles. The number of halogens is 1. The highest BCUT2D eigenvalue weighted by Gasteiger charge is 2.25. The molecule has 0 bridgehead atoms. The Balaban J connectivity index is 2.36. The number of hydrogen-bond donors (Lipinski definition) is 0. The van der Waals surface area contributed by atoms with Gasteiger partial charge in [0.2, 0.25) is 0 Å². The van der Waals surface area contributed by atoms with E-state index in [4.69, 9.17) is 16.9 Å². The monoisotopic (exact) mass is 341 g/mol. The minimum atomic E-state index is -0.333. The van der Waals surface area contributed by atoms with Gasteiger partial charge in [-0.05, 0) is 41.9 Å². The first-order valence-corrected chi connectivity index (χ1v) is 8.20. The second kappa shape index (κ2) is 6.45. The largest absolute Gasteiger partial charge is 0.710 e. The summed E-state index contributed by atoms with van der Waals surface area (Å²) in [5.41, 5.74) is 1.96. The number of thioether (sulfide) groups is 1. The molecule has 0 saturated heterocycles. The van der Waals surface area contributed by atoms with Crippen LogP contribution in [0.3, 0.4) is 0 Å². The molecule has 4 nitrogen and oxygen atoms in total. The van der Waals surface area contributed by atoms with Gasteiger partial charge in [0.25, 0.3) is 0 Å². The third-order valence-corrected chi connectivity index (χ3v) is 4.41. The molecule has 0 aliphatic carbocycles. The lowest BCUT2D eigenvalue weighted by molar-refractivity contribution is -0.604. The number of rotatable bonds is 3. The lowest BCUT2D eigenvalue weighted by Gasteiger charge is -2.16. The summed E-state index contributed by atoms with van der Waals surface area (Å²) in [6.45, 7) is 1.79. The maximum atomic E-state index is 12.9. The molecular weight excluding hydrogens is 330 g/mol. The molecule has 0 saturated carbocycles. The molecule has 6 heteroatoms. The number of nitriles is 1. The molecule has 114 valence electrons. The Bertz CT molecular complexity index is 909. The second-order valence-electron chi connectivity index (χ2n) is 4.99. The fourth-order valence-corrected chi connectivity index (χ4v) is 3.03. The van der Waals surface area contributed by atoms with Crippen molar-refractivity contribution in [2.75, 3.05) is 0 Å². The van der Waals surface area contributed by atoms with Gasteiger partial charge in [0.15, 0.2) is 5.52 Å². The topological polar surface area (TPSA) is 63.6 Å². The van der Waals surface area contributed by atoms with E-state index in [9.17, 15) is 5.21 Å². The van der Waals surface area contributed by atoms with Crippen LogP contribution >= 0.6 is 23.4 Å². The summed E-state index contributed by atoms with van der Waals surface area (Å²) in [7, 11) is 0. The van der Waals surface area contributed by atoms with Crippen LogP contribution in [0.1, 0.15) is 18.0 Å². The van der Waals surface area contributed by atoms with Crippen molar-refractivity contribution >= 4 is 34.3 Å². The van der Waals surface area contributed by atoms with Crippen LogP contribution in [0, 0.1) is 15.9 Å². The molecule has 0 spiro atoms. The maximum absolute atomic E-state index is 12.9. The van der Waals surface area contributed by atoms with Crippen molar-refractivity contribution in [3.8, 4) is 16.7 Å². The summed E-state index contributed by atoms with van der Waals surface area (Å²) in [5, 5.41) is 24.7. The summed E-state index contributed by atoms with van der Waals surface area (Å²) in [6, 6.07) is 14.7. The summed E-state index contributed by atoms with van der Waals surface area (Å²) in [5.74, 6) is 0.310. The molecular formula is C17H12ClN3OS. The van der Waals surface area contributed by atoms with Crippen LogP contribution in [0.2, 0.25) is 5.02 Å². The molecule has 1 unspecified atom stereocenters. The van der Waals surface area contributed by atoms with Gasteiger partial charge in [0.1, 0.15) is 16.3 Å². The quantitative estimate of drug-likeness (QED) is 0.400. The van der Waals surface area contributed by atoms with E-state index < -0.39 is 0 Å². The molecule has 3 aromatic rings. The summed E-state index contributed by atoms with van der Waals surface area (Å²) >= 11 is 7.11. The van der Waals surface area contributed by atoms with Gasteiger partial charge in [-0.2, -0.15) is 5.26 Å². The van der Waals surface area contributed by atoms with Crippen molar-refractivity contribution in [1.29, 1.82) is 5.26 Å². The van der Waals surface area contributed by atoms with E-state index in [1.165, 1.54) is 0 Å². The second-order valence-corrected chi connectivity index (χ2v) is 6.55. The number of benzene rings is 2. The number of nitrogens with zero attached hydrogens (tertiary/aromatic N) is 3. The Morgan fingerprint density at radius 2 is 2.00 bits per heavy atom. The Labute approximate surface area is 142 Å². The number of thiocyanates is 1. The summed E-state index contributed by atoms with van der Waals surface area (Å²) in [6.07, 6.45) is 0. The van der Waals surface area contributed by atoms with Gasteiger partial charge in [0.05, 0.1) is 5.39 Å². The van der Waals surface area contributed by atoms with Gasteiger partial charge >= 0.3 is 5.82 Å². The predicted molar refractivity (Wildman–Crippen MR) is 92.8 cm³/mol. The van der Waals surface area contributed by atoms with Gasteiger partial charge in [-0.3, -0.25) is 0 Å². The maximum Gasteiger partial charge on any atom is 0.316 e. The zero-order chi connectivity index (χ0) is 16.4. The molecule has 0 amide bonds. The van der Waals surface area contributed by atoms with Crippen LogP contribution < -0.4 is 4.73 Å². The highest BCUT2D eigenvalue weighted by Crippen LogP contribution is 2.31. The van der Waals surface area contributed by atoms with Crippen LogP contribution in [0.25, 0.3) is 22.2 Å². The van der Waals surface area contributed by atoms with Crippen molar-refractivity contribution in [3.63, 3.8) is 0 Å². The zero-order valence-electron chi connectivity index (χ0n) is 12.2. The molecule has 0 aliphatic rings. The minimum Gasteiger partial charge on any atom is -0.710 e. The van der Waals surface area contributed by atoms with E-state index >= 15 is 0 Å². The van der Waals surface area contributed by atoms with Crippen molar-refractivity contribution < 1.29 is 4.73 Å². The Hall–Kier alpha value is -2.29. The van der Waals surface area contributed by atoms with Crippen LogP contribution in [-0.2, 0) is 0 Å². The molecule has 0 radical (unpaired) electrons. The fourth-order valence-electron chi connectivity index (χ4n) is 2.44. The minimum absolute atomic E-state index is 0.310. The van der Waals surface area contributed by atoms with Gasteiger partial charge in [0, 0.05) is 10.6 Å². The predicted octanol–water partition coefficient (Wildman–Crippen LogP) is 4.46. The highest BCUT2D eigenvalue weighted by molar-refractivity contribution is 8.03. The lowest BCUT2D eigenvalue weighted by atomic mass is 10.1. The van der Waals surface area contributed by atoms with Gasteiger partial charge in [-0.15, -0.1) is 0 Å². The van der Waals surface area contributed by atoms with E-state index in [1.54, 1.807) is 25.1 Å². The normalized spacial score (nSPS) is 12.0. The van der Waals surface area contributed by atoms with E-state index in [2.05, 4.69) is 4.98 Å². The molecule has 23 heavy (non-hydrogen) atoms. The molecule has 0 fully saturated rings. The van der Waals surface area contributed by atoms with Crippen molar-refractivity contribution in [3.05, 3.63) is 64.6 Å². The average Bonchev–Trinajstić information content (AvgIpc) is 2.55. The van der Waals surface area contributed by atoms with E-state index in [-0.39, 0.29) is 5.25 Å². The Kier molecular flexibility index (Phi) is 4.37. The molecule has 0 N–H and O–H groups in total. The third-order valence-electron chi connectivity index (χ3n) is 3.50. The van der Waals surface area contributed by atoms with Gasteiger partial charge < -0.3 is 5.21 Å². The first-order chi connectivity index (χ1) is 11.1. The van der Waals surface area contributed by atoms with Crippen molar-refractivity contribution in [2.24, 2.45) is 0 Å². The van der Waals surface area contributed by atoms with Crippen LogP contribution in [0.4, 0.5) is 0 Å². The molecule has 1 heterocycles. The number of aromatic nitrogens is 2. The molecule has 0 aliphatic heterocycles. The Morgan fingerprint density at radius 1 is 1.26 bits per heavy atom. The van der Waals surface area contributed by atoms with Gasteiger partial charge in [-0.25, -0.2) is 4.73 Å². The van der Waals surface area contributed by atoms with E-state index in [0.29, 0.717) is 27.4 Å². The SMILES string of the molecule is CC(SC#N)c1nc2ccc(Cl)cc2c(-c2ccccc2)[n+]1[O-]. The smallest absolute Gasteiger partial charge is 0.316 e. The summed E-state index contributed by atoms with van der Waals surface area (Å²) < 4.78 is 0.809. The van der Waals surface area contributed by atoms with E-state index in [0.717, 1.165) is 22.1 Å². The number of hydrogen-bond acceptors (Lipinski definition) is 4. The van der Waals surface area contributed by atoms with Crippen molar-refractivity contribution in [2.45, 2.75) is 12.2 Å². The standard InChI is InChI=1S/C17H12ClN3OS/c1-11(23-10-19)17-20-15-8-7-13(18)9-14(15)16(21(17)22)12-5-3-2-4-6-12/h2-9,11H,1H3. The van der Waals surface area contributed by atoms with Crippen LogP contribution in [-0.4, -0.2) is 4.98 Å². The highest BCUT2D eigenvalue weighted by atomic mass is 35.5. The van der Waals surface area contributed by atoms with E-state index in [1.807, 2.05) is 35.7 Å². The molecule has 1 atom stereocenters. The van der Waals surface area contributed by atoms with Crippen LogP contribution in [0.15, 0.2) is 48.5 Å². The van der Waals surface area contributed by atoms with Crippen LogP contribution in [0.5, 0.6) is 0 Å². The average molecular weight is 342 g/mol. The summed E-state index contributed by atoms with van der Waals surface area (Å²) in [4.78, 5) is 4.44. The Morgan fingerprint density at radius 3 is 2.70 bits per heavy atom. The zero-order valence-corrected chi connectivity index (χ0v) is 13.8. The molecule has 3 rings (SSSR count).